The summed E-state index contributed by atoms with van der Waals surface area (Å²) in [5.74, 6) is -0.984. The van der Waals surface area contributed by atoms with E-state index in [0.29, 0.717) is 5.56 Å². The van der Waals surface area contributed by atoms with Crippen molar-refractivity contribution in [3.63, 3.8) is 0 Å². The van der Waals surface area contributed by atoms with Gasteiger partial charge in [-0.3, -0.25) is 4.79 Å². The van der Waals surface area contributed by atoms with E-state index in [2.05, 4.69) is 0 Å². The topological polar surface area (TPSA) is 69.1 Å². The van der Waals surface area contributed by atoms with Gasteiger partial charge in [0.15, 0.2) is 0 Å². The minimum Gasteiger partial charge on any atom is -0.368 e. The molecule has 0 spiro atoms. The summed E-state index contributed by atoms with van der Waals surface area (Å²) in [4.78, 5) is 10.6. The maximum Gasteiger partial charge on any atom is 0.234 e. The predicted molar refractivity (Wildman–Crippen MR) is 47.3 cm³/mol. The van der Waals surface area contributed by atoms with Gasteiger partial charge in [0.05, 0.1) is 6.04 Å². The van der Waals surface area contributed by atoms with Gasteiger partial charge in [-0.05, 0) is 18.1 Å². The fourth-order valence-electron chi connectivity index (χ4n) is 1.00. The predicted octanol–water partition coefficient (Wildman–Crippen LogP) is 0.181. The van der Waals surface area contributed by atoms with Gasteiger partial charge < -0.3 is 11.5 Å². The van der Waals surface area contributed by atoms with Crippen molar-refractivity contribution in [2.75, 3.05) is 0 Å². The Hall–Kier alpha value is -1.42. The molecule has 0 bridgehead atoms. The summed E-state index contributed by atoms with van der Waals surface area (Å²) in [5, 5.41) is 0. The number of halogens is 1. The van der Waals surface area contributed by atoms with Crippen molar-refractivity contribution in [1.29, 1.82) is 0 Å². The van der Waals surface area contributed by atoms with Crippen molar-refractivity contribution in [2.45, 2.75) is 12.5 Å². The minimum atomic E-state index is -0.822. The standard InChI is InChI=1S/C9H11FN2O/c10-7-4-2-1-3-6(7)5-8(11)9(12)13/h1-4,8H,5,11H2,(H2,12,13)/t8-/m1/s1. The molecule has 0 aliphatic heterocycles. The molecule has 70 valence electrons. The van der Waals surface area contributed by atoms with Crippen LogP contribution in [0.15, 0.2) is 24.3 Å². The molecular formula is C9H11FN2O. The van der Waals surface area contributed by atoms with Gasteiger partial charge in [0.2, 0.25) is 5.91 Å². The van der Waals surface area contributed by atoms with E-state index < -0.39 is 11.9 Å². The van der Waals surface area contributed by atoms with E-state index in [1.54, 1.807) is 18.2 Å². The van der Waals surface area contributed by atoms with Crippen molar-refractivity contribution >= 4 is 5.91 Å². The van der Waals surface area contributed by atoms with Gasteiger partial charge in [0.1, 0.15) is 5.82 Å². The quantitative estimate of drug-likeness (QED) is 0.700. The second-order valence-corrected chi connectivity index (χ2v) is 2.80. The van der Waals surface area contributed by atoms with Crippen molar-refractivity contribution in [2.24, 2.45) is 11.5 Å². The first-order valence-electron chi connectivity index (χ1n) is 3.89. The Morgan fingerprint density at radius 2 is 2.08 bits per heavy atom. The van der Waals surface area contributed by atoms with E-state index in [1.807, 2.05) is 0 Å². The Bertz CT molecular complexity index is 314. The summed E-state index contributed by atoms with van der Waals surface area (Å²) >= 11 is 0. The lowest BCUT2D eigenvalue weighted by atomic mass is 10.1. The number of benzene rings is 1. The molecule has 4 N–H and O–H groups in total. The van der Waals surface area contributed by atoms with Crippen LogP contribution in [0.2, 0.25) is 0 Å². The number of nitrogens with two attached hydrogens (primary N) is 2. The van der Waals surface area contributed by atoms with Gasteiger partial charge in [-0.15, -0.1) is 0 Å². The highest BCUT2D eigenvalue weighted by Crippen LogP contribution is 2.07. The fraction of sp³-hybridized carbons (Fsp3) is 0.222. The van der Waals surface area contributed by atoms with Crippen LogP contribution in [0.4, 0.5) is 4.39 Å². The summed E-state index contributed by atoms with van der Waals surface area (Å²) < 4.78 is 13.0. The summed E-state index contributed by atoms with van der Waals surface area (Å²) in [6.45, 7) is 0. The first-order valence-corrected chi connectivity index (χ1v) is 3.89. The molecule has 0 aliphatic carbocycles. The molecule has 0 fully saturated rings. The van der Waals surface area contributed by atoms with Crippen molar-refractivity contribution in [3.05, 3.63) is 35.6 Å². The smallest absolute Gasteiger partial charge is 0.234 e. The molecule has 1 rings (SSSR count). The molecule has 1 aromatic rings. The number of carbonyl (C=O) groups excluding carboxylic acids is 1. The fourth-order valence-corrected chi connectivity index (χ4v) is 1.00. The van der Waals surface area contributed by atoms with Crippen LogP contribution in [0.25, 0.3) is 0 Å². The second kappa shape index (κ2) is 4.00. The molecule has 4 heteroatoms. The van der Waals surface area contributed by atoms with Gasteiger partial charge in [0.25, 0.3) is 0 Å². The number of hydrogen-bond acceptors (Lipinski definition) is 2. The molecule has 0 aromatic heterocycles. The van der Waals surface area contributed by atoms with E-state index in [4.69, 9.17) is 11.5 Å². The zero-order chi connectivity index (χ0) is 9.84. The van der Waals surface area contributed by atoms with E-state index >= 15 is 0 Å². The molecule has 0 radical (unpaired) electrons. The summed E-state index contributed by atoms with van der Waals surface area (Å²) in [6, 6.07) is 5.35. The van der Waals surface area contributed by atoms with Crippen LogP contribution < -0.4 is 11.5 Å². The molecule has 1 atom stereocenters. The SMILES string of the molecule is NC(=O)[C@H](N)Cc1ccccc1F. The maximum absolute atomic E-state index is 13.0. The molecule has 0 saturated carbocycles. The Kier molecular flexibility index (Phi) is 2.97. The van der Waals surface area contributed by atoms with Crippen LogP contribution in [0, 0.1) is 5.82 Å². The van der Waals surface area contributed by atoms with Crippen LogP contribution in [-0.2, 0) is 11.2 Å². The lowest BCUT2D eigenvalue weighted by Gasteiger charge is -2.07. The third kappa shape index (κ3) is 2.52. The van der Waals surface area contributed by atoms with E-state index in [-0.39, 0.29) is 12.2 Å². The molecule has 3 nitrogen and oxygen atoms in total. The van der Waals surface area contributed by atoms with Crippen LogP contribution in [-0.4, -0.2) is 11.9 Å². The Labute approximate surface area is 75.5 Å². The zero-order valence-corrected chi connectivity index (χ0v) is 7.03. The van der Waals surface area contributed by atoms with Gasteiger partial charge >= 0.3 is 0 Å². The average Bonchev–Trinajstić information content (AvgIpc) is 2.08. The lowest BCUT2D eigenvalue weighted by Crippen LogP contribution is -2.38. The van der Waals surface area contributed by atoms with Gasteiger partial charge in [0, 0.05) is 0 Å². The number of carbonyl (C=O) groups is 1. The average molecular weight is 182 g/mol. The number of hydrogen-bond donors (Lipinski definition) is 2. The first-order chi connectivity index (χ1) is 6.11. The molecule has 0 heterocycles. The third-order valence-electron chi connectivity index (χ3n) is 1.76. The van der Waals surface area contributed by atoms with Crippen molar-refractivity contribution in [1.82, 2.24) is 0 Å². The highest BCUT2D eigenvalue weighted by molar-refractivity contribution is 5.79. The molecule has 0 aliphatic rings. The summed E-state index contributed by atoms with van der Waals surface area (Å²) in [6.07, 6.45) is 0.141. The first kappa shape index (κ1) is 9.67. The molecule has 13 heavy (non-hydrogen) atoms. The number of primary amides is 1. The normalized spacial score (nSPS) is 12.5. The van der Waals surface area contributed by atoms with Gasteiger partial charge in [-0.2, -0.15) is 0 Å². The molecule has 1 aromatic carbocycles. The van der Waals surface area contributed by atoms with Crippen molar-refractivity contribution < 1.29 is 9.18 Å². The Balaban J connectivity index is 2.74. The monoisotopic (exact) mass is 182 g/mol. The number of amides is 1. The zero-order valence-electron chi connectivity index (χ0n) is 7.03. The van der Waals surface area contributed by atoms with Crippen LogP contribution in [0.1, 0.15) is 5.56 Å². The van der Waals surface area contributed by atoms with E-state index in [1.165, 1.54) is 6.07 Å². The maximum atomic E-state index is 13.0. The van der Waals surface area contributed by atoms with Gasteiger partial charge in [-0.25, -0.2) is 4.39 Å². The number of rotatable bonds is 3. The Morgan fingerprint density at radius 3 is 2.62 bits per heavy atom. The van der Waals surface area contributed by atoms with Crippen molar-refractivity contribution in [3.8, 4) is 0 Å². The summed E-state index contributed by atoms with van der Waals surface area (Å²) in [5.41, 5.74) is 10.7. The van der Waals surface area contributed by atoms with Crippen LogP contribution >= 0.6 is 0 Å². The second-order valence-electron chi connectivity index (χ2n) is 2.80. The Morgan fingerprint density at radius 1 is 1.46 bits per heavy atom. The molecule has 0 saturated heterocycles. The van der Waals surface area contributed by atoms with E-state index in [0.717, 1.165) is 0 Å². The summed E-state index contributed by atoms with van der Waals surface area (Å²) in [7, 11) is 0. The van der Waals surface area contributed by atoms with Crippen LogP contribution in [0.5, 0.6) is 0 Å². The lowest BCUT2D eigenvalue weighted by molar-refractivity contribution is -0.119. The highest BCUT2D eigenvalue weighted by atomic mass is 19.1. The van der Waals surface area contributed by atoms with Gasteiger partial charge in [-0.1, -0.05) is 18.2 Å². The third-order valence-corrected chi connectivity index (χ3v) is 1.76. The minimum absolute atomic E-state index is 0.141. The molecule has 1 amide bonds. The van der Waals surface area contributed by atoms with E-state index in [9.17, 15) is 9.18 Å². The van der Waals surface area contributed by atoms with Crippen LogP contribution in [0.3, 0.4) is 0 Å². The highest BCUT2D eigenvalue weighted by Gasteiger charge is 2.11. The molecule has 0 unspecified atom stereocenters. The molecular weight excluding hydrogens is 171 g/mol. The largest absolute Gasteiger partial charge is 0.368 e.